The van der Waals surface area contributed by atoms with Crippen LogP contribution in [0.5, 0.6) is 5.75 Å². The molecule has 1 fully saturated rings. The van der Waals surface area contributed by atoms with Gasteiger partial charge in [0.1, 0.15) is 5.75 Å². The zero-order valence-corrected chi connectivity index (χ0v) is 21.2. The van der Waals surface area contributed by atoms with E-state index in [0.29, 0.717) is 48.5 Å². The highest BCUT2D eigenvalue weighted by atomic mass is 79.9. The van der Waals surface area contributed by atoms with Gasteiger partial charge >= 0.3 is 0 Å². The lowest BCUT2D eigenvalue weighted by atomic mass is 10.0. The van der Waals surface area contributed by atoms with Gasteiger partial charge in [0.25, 0.3) is 5.91 Å². The molecule has 1 N–H and O–H groups in total. The van der Waals surface area contributed by atoms with Crippen molar-refractivity contribution in [1.29, 1.82) is 0 Å². The van der Waals surface area contributed by atoms with Crippen LogP contribution in [0.1, 0.15) is 50.4 Å². The van der Waals surface area contributed by atoms with Crippen molar-refractivity contribution in [1.82, 2.24) is 4.31 Å². The summed E-state index contributed by atoms with van der Waals surface area (Å²) in [6.07, 6.45) is 2.64. The van der Waals surface area contributed by atoms with Crippen LogP contribution < -0.4 is 10.1 Å². The highest BCUT2D eigenvalue weighted by Crippen LogP contribution is 2.27. The van der Waals surface area contributed by atoms with Gasteiger partial charge in [-0.25, -0.2) is 8.42 Å². The van der Waals surface area contributed by atoms with E-state index in [-0.39, 0.29) is 10.8 Å². The molecule has 6 nitrogen and oxygen atoms in total. The van der Waals surface area contributed by atoms with E-state index in [1.165, 1.54) is 0 Å². The SMILES string of the molecule is CC(C)CCOc1ccc(Br)cc1C(=O)Nc1ccc(S(=O)(=O)N2CCC(C)CC2)cc1. The first-order valence-electron chi connectivity index (χ1n) is 11.0. The fourth-order valence-electron chi connectivity index (χ4n) is 3.49. The minimum Gasteiger partial charge on any atom is -0.493 e. The molecule has 0 aliphatic carbocycles. The summed E-state index contributed by atoms with van der Waals surface area (Å²) in [6, 6.07) is 11.7. The van der Waals surface area contributed by atoms with Crippen LogP contribution in [0, 0.1) is 11.8 Å². The number of carbonyl (C=O) groups excluding carboxylic acids is 1. The predicted molar refractivity (Wildman–Crippen MR) is 131 cm³/mol. The lowest BCUT2D eigenvalue weighted by molar-refractivity contribution is 0.102. The van der Waals surface area contributed by atoms with Gasteiger partial charge in [0.2, 0.25) is 10.0 Å². The van der Waals surface area contributed by atoms with Gasteiger partial charge in [0, 0.05) is 23.2 Å². The molecule has 2 aromatic carbocycles. The summed E-state index contributed by atoms with van der Waals surface area (Å²) in [7, 11) is -3.52. The number of carbonyl (C=O) groups is 1. The fourth-order valence-corrected chi connectivity index (χ4v) is 5.32. The molecule has 32 heavy (non-hydrogen) atoms. The first-order chi connectivity index (χ1) is 15.2. The van der Waals surface area contributed by atoms with Crippen molar-refractivity contribution in [3.05, 3.63) is 52.5 Å². The van der Waals surface area contributed by atoms with E-state index in [1.807, 2.05) is 6.07 Å². The number of ether oxygens (including phenoxy) is 1. The third-order valence-corrected chi connectivity index (χ3v) is 8.04. The smallest absolute Gasteiger partial charge is 0.259 e. The van der Waals surface area contributed by atoms with Gasteiger partial charge in [-0.1, -0.05) is 36.7 Å². The second kappa shape index (κ2) is 10.8. The quantitative estimate of drug-likeness (QED) is 0.493. The van der Waals surface area contributed by atoms with Crippen molar-refractivity contribution in [3.63, 3.8) is 0 Å². The number of hydrogen-bond donors (Lipinski definition) is 1. The molecule has 0 spiro atoms. The number of amides is 1. The number of piperidine rings is 1. The van der Waals surface area contributed by atoms with E-state index in [1.54, 1.807) is 40.7 Å². The van der Waals surface area contributed by atoms with Crippen LogP contribution in [0.4, 0.5) is 5.69 Å². The van der Waals surface area contributed by atoms with E-state index in [4.69, 9.17) is 4.74 Å². The van der Waals surface area contributed by atoms with Crippen LogP contribution >= 0.6 is 15.9 Å². The molecule has 1 amide bonds. The van der Waals surface area contributed by atoms with Crippen molar-refractivity contribution in [2.75, 3.05) is 25.0 Å². The third-order valence-electron chi connectivity index (χ3n) is 5.63. The van der Waals surface area contributed by atoms with Crippen LogP contribution in [0.25, 0.3) is 0 Å². The third kappa shape index (κ3) is 6.33. The highest BCUT2D eigenvalue weighted by Gasteiger charge is 2.28. The molecule has 1 aliphatic rings. The zero-order chi connectivity index (χ0) is 23.3. The molecule has 1 heterocycles. The maximum Gasteiger partial charge on any atom is 0.259 e. The molecule has 0 aromatic heterocycles. The topological polar surface area (TPSA) is 75.7 Å². The van der Waals surface area contributed by atoms with Crippen LogP contribution in [0.3, 0.4) is 0 Å². The summed E-state index contributed by atoms with van der Waals surface area (Å²) in [5, 5.41) is 2.84. The number of halogens is 1. The second-order valence-corrected chi connectivity index (χ2v) is 11.6. The standard InChI is InChI=1S/C24H31BrN2O4S/c1-17(2)12-15-31-23-9-4-19(25)16-22(23)24(28)26-20-5-7-21(8-6-20)32(29,30)27-13-10-18(3)11-14-27/h4-9,16-18H,10-15H2,1-3H3,(H,26,28). The summed E-state index contributed by atoms with van der Waals surface area (Å²) in [4.78, 5) is 13.1. The highest BCUT2D eigenvalue weighted by molar-refractivity contribution is 9.10. The van der Waals surface area contributed by atoms with Crippen molar-refractivity contribution < 1.29 is 17.9 Å². The Hall–Kier alpha value is -1.90. The molecule has 0 unspecified atom stereocenters. The van der Waals surface area contributed by atoms with Crippen LogP contribution in [0.15, 0.2) is 51.8 Å². The fraction of sp³-hybridized carbons (Fsp3) is 0.458. The normalized spacial score (nSPS) is 15.7. The lowest BCUT2D eigenvalue weighted by Crippen LogP contribution is -2.37. The summed E-state index contributed by atoms with van der Waals surface area (Å²) in [6.45, 7) is 8.01. The summed E-state index contributed by atoms with van der Waals surface area (Å²) in [5.74, 6) is 1.26. The molecular formula is C24H31BrN2O4S. The minimum atomic E-state index is -3.52. The number of benzene rings is 2. The molecule has 0 atom stereocenters. The maximum atomic E-state index is 12.9. The summed E-state index contributed by atoms with van der Waals surface area (Å²) < 4.78 is 33.9. The number of nitrogens with one attached hydrogen (secondary N) is 1. The van der Waals surface area contributed by atoms with E-state index in [2.05, 4.69) is 42.0 Å². The van der Waals surface area contributed by atoms with Crippen molar-refractivity contribution >= 4 is 37.5 Å². The van der Waals surface area contributed by atoms with E-state index >= 15 is 0 Å². The Morgan fingerprint density at radius 2 is 1.81 bits per heavy atom. The van der Waals surface area contributed by atoms with E-state index in [0.717, 1.165) is 23.7 Å². The van der Waals surface area contributed by atoms with Crippen LogP contribution in [-0.2, 0) is 10.0 Å². The van der Waals surface area contributed by atoms with Gasteiger partial charge in [-0.05, 0) is 73.6 Å². The van der Waals surface area contributed by atoms with Crippen molar-refractivity contribution in [3.8, 4) is 5.75 Å². The maximum absolute atomic E-state index is 12.9. The Morgan fingerprint density at radius 3 is 2.44 bits per heavy atom. The van der Waals surface area contributed by atoms with E-state index in [9.17, 15) is 13.2 Å². The molecule has 2 aromatic rings. The molecule has 8 heteroatoms. The molecule has 0 bridgehead atoms. The Morgan fingerprint density at radius 1 is 1.16 bits per heavy atom. The zero-order valence-electron chi connectivity index (χ0n) is 18.8. The van der Waals surface area contributed by atoms with Gasteiger partial charge in [-0.15, -0.1) is 0 Å². The van der Waals surface area contributed by atoms with Crippen molar-refractivity contribution in [2.45, 2.75) is 44.9 Å². The Balaban J connectivity index is 1.70. The molecular weight excluding hydrogens is 492 g/mol. The van der Waals surface area contributed by atoms with Crippen LogP contribution in [-0.4, -0.2) is 38.3 Å². The Labute approximate surface area is 199 Å². The van der Waals surface area contributed by atoms with Gasteiger partial charge in [-0.2, -0.15) is 4.31 Å². The number of hydrogen-bond acceptors (Lipinski definition) is 4. The molecule has 3 rings (SSSR count). The predicted octanol–water partition coefficient (Wildman–Crippen LogP) is 5.55. The molecule has 174 valence electrons. The molecule has 1 aliphatic heterocycles. The van der Waals surface area contributed by atoms with E-state index < -0.39 is 10.0 Å². The number of sulfonamides is 1. The minimum absolute atomic E-state index is 0.241. The average molecular weight is 523 g/mol. The number of anilines is 1. The Bertz CT molecular complexity index is 1030. The largest absolute Gasteiger partial charge is 0.493 e. The van der Waals surface area contributed by atoms with Gasteiger partial charge in [0.05, 0.1) is 17.1 Å². The summed E-state index contributed by atoms with van der Waals surface area (Å²) >= 11 is 3.41. The molecule has 0 saturated carbocycles. The molecule has 0 radical (unpaired) electrons. The lowest BCUT2D eigenvalue weighted by Gasteiger charge is -2.29. The van der Waals surface area contributed by atoms with Gasteiger partial charge < -0.3 is 10.1 Å². The molecule has 1 saturated heterocycles. The monoisotopic (exact) mass is 522 g/mol. The number of nitrogens with zero attached hydrogens (tertiary/aromatic N) is 1. The Kier molecular flexibility index (Phi) is 8.36. The summed E-state index contributed by atoms with van der Waals surface area (Å²) in [5.41, 5.74) is 0.941. The average Bonchev–Trinajstić information content (AvgIpc) is 2.75. The van der Waals surface area contributed by atoms with Crippen molar-refractivity contribution in [2.24, 2.45) is 11.8 Å². The van der Waals surface area contributed by atoms with Gasteiger partial charge in [-0.3, -0.25) is 4.79 Å². The second-order valence-electron chi connectivity index (χ2n) is 8.74. The van der Waals surface area contributed by atoms with Crippen LogP contribution in [0.2, 0.25) is 0 Å². The first-order valence-corrected chi connectivity index (χ1v) is 13.2. The number of rotatable bonds is 8. The van der Waals surface area contributed by atoms with Gasteiger partial charge in [0.15, 0.2) is 0 Å². The first kappa shape index (κ1) is 24.7.